The highest BCUT2D eigenvalue weighted by molar-refractivity contribution is 6.35. The van der Waals surface area contributed by atoms with Crippen molar-refractivity contribution in [1.29, 1.82) is 0 Å². The molecule has 0 aliphatic carbocycles. The van der Waals surface area contributed by atoms with Gasteiger partial charge in [0.05, 0.1) is 0 Å². The summed E-state index contributed by atoms with van der Waals surface area (Å²) in [5.74, 6) is 1.68. The highest BCUT2D eigenvalue weighted by Gasteiger charge is 2.12. The lowest BCUT2D eigenvalue weighted by Crippen LogP contribution is -2.26. The molecule has 6 heteroatoms. The second-order valence-electron chi connectivity index (χ2n) is 6.06. The van der Waals surface area contributed by atoms with E-state index >= 15 is 0 Å². The fourth-order valence-electron chi connectivity index (χ4n) is 2.92. The summed E-state index contributed by atoms with van der Waals surface area (Å²) in [5, 5.41) is 4.73. The topological polar surface area (TPSA) is 41.1 Å². The standard InChI is InChI=1S/C18H22Cl2N4/c19-15-6-5-14(16(20)13-15)7-9-21-17-8-10-22-18(23-17)24-11-3-1-2-4-12-24/h5-6,8,10,13H,1-4,7,9,11-12H2,(H,21,22,23). The zero-order valence-corrected chi connectivity index (χ0v) is 15.2. The highest BCUT2D eigenvalue weighted by Crippen LogP contribution is 2.21. The number of rotatable bonds is 5. The van der Waals surface area contributed by atoms with Gasteiger partial charge in [0.2, 0.25) is 5.95 Å². The molecule has 0 saturated carbocycles. The van der Waals surface area contributed by atoms with Gasteiger partial charge in [-0.2, -0.15) is 4.98 Å². The maximum atomic E-state index is 6.21. The van der Waals surface area contributed by atoms with Crippen molar-refractivity contribution in [2.45, 2.75) is 32.1 Å². The van der Waals surface area contributed by atoms with Crippen molar-refractivity contribution >= 4 is 35.0 Å². The second kappa shape index (κ2) is 8.54. The number of halogens is 2. The minimum Gasteiger partial charge on any atom is -0.370 e. The molecule has 0 atom stereocenters. The lowest BCUT2D eigenvalue weighted by molar-refractivity contribution is 0.726. The third-order valence-electron chi connectivity index (χ3n) is 4.25. The first-order chi connectivity index (χ1) is 11.7. The Morgan fingerprint density at radius 3 is 2.58 bits per heavy atom. The van der Waals surface area contributed by atoms with Gasteiger partial charge in [0.1, 0.15) is 5.82 Å². The quantitative estimate of drug-likeness (QED) is 0.825. The van der Waals surface area contributed by atoms with E-state index in [1.54, 1.807) is 6.07 Å². The van der Waals surface area contributed by atoms with Gasteiger partial charge in [-0.05, 0) is 43.0 Å². The number of benzene rings is 1. The summed E-state index contributed by atoms with van der Waals surface area (Å²) in [7, 11) is 0. The molecule has 1 aliphatic rings. The van der Waals surface area contributed by atoms with Gasteiger partial charge < -0.3 is 10.2 Å². The van der Waals surface area contributed by atoms with Crippen LogP contribution in [0.1, 0.15) is 31.2 Å². The molecule has 1 N–H and O–H groups in total. The van der Waals surface area contributed by atoms with E-state index in [9.17, 15) is 0 Å². The van der Waals surface area contributed by atoms with Crippen LogP contribution in [-0.4, -0.2) is 29.6 Å². The molecule has 0 spiro atoms. The Labute approximate surface area is 153 Å². The van der Waals surface area contributed by atoms with Gasteiger partial charge >= 0.3 is 0 Å². The Hall–Kier alpha value is -1.52. The van der Waals surface area contributed by atoms with E-state index < -0.39 is 0 Å². The van der Waals surface area contributed by atoms with Crippen molar-refractivity contribution in [3.8, 4) is 0 Å². The summed E-state index contributed by atoms with van der Waals surface area (Å²) in [4.78, 5) is 11.4. The number of aromatic nitrogens is 2. The van der Waals surface area contributed by atoms with Crippen LogP contribution in [0, 0.1) is 0 Å². The Balaban J connectivity index is 1.58. The summed E-state index contributed by atoms with van der Waals surface area (Å²) in [6, 6.07) is 7.52. The fourth-order valence-corrected chi connectivity index (χ4v) is 3.42. The van der Waals surface area contributed by atoms with Crippen LogP contribution in [-0.2, 0) is 6.42 Å². The van der Waals surface area contributed by atoms with E-state index in [-0.39, 0.29) is 0 Å². The first-order valence-electron chi connectivity index (χ1n) is 8.48. The van der Waals surface area contributed by atoms with Crippen LogP contribution in [0.2, 0.25) is 10.0 Å². The van der Waals surface area contributed by atoms with Crippen LogP contribution in [0.15, 0.2) is 30.5 Å². The van der Waals surface area contributed by atoms with E-state index in [4.69, 9.17) is 23.2 Å². The molecule has 0 amide bonds. The maximum Gasteiger partial charge on any atom is 0.227 e. The first-order valence-corrected chi connectivity index (χ1v) is 9.24. The van der Waals surface area contributed by atoms with Crippen LogP contribution in [0.4, 0.5) is 11.8 Å². The zero-order valence-electron chi connectivity index (χ0n) is 13.6. The Morgan fingerprint density at radius 1 is 1.04 bits per heavy atom. The number of hydrogen-bond acceptors (Lipinski definition) is 4. The molecule has 0 radical (unpaired) electrons. The second-order valence-corrected chi connectivity index (χ2v) is 6.90. The Bertz CT molecular complexity index is 670. The summed E-state index contributed by atoms with van der Waals surface area (Å²) in [6.07, 6.45) is 7.68. The maximum absolute atomic E-state index is 6.21. The van der Waals surface area contributed by atoms with Crippen LogP contribution >= 0.6 is 23.2 Å². The molecular weight excluding hydrogens is 343 g/mol. The van der Waals surface area contributed by atoms with Crippen molar-refractivity contribution < 1.29 is 0 Å². The van der Waals surface area contributed by atoms with Gasteiger partial charge in [-0.15, -0.1) is 0 Å². The molecule has 24 heavy (non-hydrogen) atoms. The number of hydrogen-bond donors (Lipinski definition) is 1. The minimum atomic E-state index is 0.662. The number of anilines is 2. The predicted molar refractivity (Wildman–Crippen MR) is 101 cm³/mol. The molecule has 1 aliphatic heterocycles. The Kier molecular flexibility index (Phi) is 6.16. The third-order valence-corrected chi connectivity index (χ3v) is 4.83. The molecule has 4 nitrogen and oxygen atoms in total. The normalized spacial score (nSPS) is 15.2. The average Bonchev–Trinajstić information content (AvgIpc) is 2.86. The summed E-state index contributed by atoms with van der Waals surface area (Å²) in [6.45, 7) is 2.85. The Morgan fingerprint density at radius 2 is 1.83 bits per heavy atom. The van der Waals surface area contributed by atoms with E-state index in [2.05, 4.69) is 20.2 Å². The van der Waals surface area contributed by atoms with Crippen LogP contribution in [0.5, 0.6) is 0 Å². The van der Waals surface area contributed by atoms with Gasteiger partial charge in [0.25, 0.3) is 0 Å². The van der Waals surface area contributed by atoms with Gasteiger partial charge in [-0.25, -0.2) is 4.98 Å². The van der Waals surface area contributed by atoms with Gasteiger partial charge in [0.15, 0.2) is 0 Å². The van der Waals surface area contributed by atoms with Crippen LogP contribution < -0.4 is 10.2 Å². The van der Waals surface area contributed by atoms with Crippen molar-refractivity contribution in [3.05, 3.63) is 46.1 Å². The average molecular weight is 365 g/mol. The molecule has 2 aromatic rings. The smallest absolute Gasteiger partial charge is 0.227 e. The van der Waals surface area contributed by atoms with Gasteiger partial charge in [0, 0.05) is 35.9 Å². The molecule has 1 aromatic heterocycles. The molecule has 0 unspecified atom stereocenters. The van der Waals surface area contributed by atoms with E-state index in [0.717, 1.165) is 43.4 Å². The van der Waals surface area contributed by atoms with E-state index in [0.29, 0.717) is 10.0 Å². The first kappa shape index (κ1) is 17.3. The molecular formula is C18H22Cl2N4. The monoisotopic (exact) mass is 364 g/mol. The molecule has 2 heterocycles. The molecule has 3 rings (SSSR count). The zero-order chi connectivity index (χ0) is 16.8. The van der Waals surface area contributed by atoms with E-state index in [1.807, 2.05) is 24.4 Å². The lowest BCUT2D eigenvalue weighted by atomic mass is 10.1. The molecule has 128 valence electrons. The largest absolute Gasteiger partial charge is 0.370 e. The highest BCUT2D eigenvalue weighted by atomic mass is 35.5. The SMILES string of the molecule is Clc1ccc(CCNc2ccnc(N3CCCCCC3)n2)c(Cl)c1. The summed E-state index contributed by atoms with van der Waals surface area (Å²) < 4.78 is 0. The predicted octanol–water partition coefficient (Wildman–Crippen LogP) is 4.82. The number of nitrogens with one attached hydrogen (secondary N) is 1. The van der Waals surface area contributed by atoms with Crippen molar-refractivity contribution in [3.63, 3.8) is 0 Å². The number of nitrogens with zero attached hydrogens (tertiary/aromatic N) is 3. The molecule has 0 bridgehead atoms. The fraction of sp³-hybridized carbons (Fsp3) is 0.444. The van der Waals surface area contributed by atoms with Gasteiger partial charge in [-0.3, -0.25) is 0 Å². The van der Waals surface area contributed by atoms with Crippen molar-refractivity contribution in [2.24, 2.45) is 0 Å². The summed E-state index contributed by atoms with van der Waals surface area (Å²) in [5.41, 5.74) is 1.08. The lowest BCUT2D eigenvalue weighted by Gasteiger charge is -2.20. The van der Waals surface area contributed by atoms with E-state index in [1.165, 1.54) is 25.7 Å². The molecule has 1 aromatic carbocycles. The van der Waals surface area contributed by atoms with Crippen molar-refractivity contribution in [2.75, 3.05) is 29.9 Å². The minimum absolute atomic E-state index is 0.662. The van der Waals surface area contributed by atoms with Crippen LogP contribution in [0.25, 0.3) is 0 Å². The van der Waals surface area contributed by atoms with Gasteiger partial charge in [-0.1, -0.05) is 42.1 Å². The van der Waals surface area contributed by atoms with Crippen LogP contribution in [0.3, 0.4) is 0 Å². The third kappa shape index (κ3) is 4.74. The molecule has 1 saturated heterocycles. The summed E-state index contributed by atoms with van der Waals surface area (Å²) >= 11 is 12.1. The molecule has 1 fully saturated rings. The van der Waals surface area contributed by atoms with Crippen molar-refractivity contribution in [1.82, 2.24) is 9.97 Å².